The van der Waals surface area contributed by atoms with E-state index in [4.69, 9.17) is 5.26 Å². The smallest absolute Gasteiger partial charge is 0.0635 e. The average Bonchev–Trinajstić information content (AvgIpc) is 2.46. The number of unbranched alkanes of at least 4 members (excludes halogenated alkanes) is 9. The van der Waals surface area contributed by atoms with Gasteiger partial charge in [0.1, 0.15) is 0 Å². The molecule has 0 aliphatic heterocycles. The maximum atomic E-state index is 8.58. The zero-order valence-corrected chi connectivity index (χ0v) is 14.2. The maximum absolute atomic E-state index is 8.58. The van der Waals surface area contributed by atoms with E-state index in [-0.39, 0.29) is 0 Å². The van der Waals surface area contributed by atoms with Gasteiger partial charge < -0.3 is 4.90 Å². The molecule has 0 heterocycles. The van der Waals surface area contributed by atoms with Crippen LogP contribution < -0.4 is 0 Å². The van der Waals surface area contributed by atoms with Gasteiger partial charge in [-0.2, -0.15) is 5.26 Å². The predicted molar refractivity (Wildman–Crippen MR) is 88.8 cm³/mol. The molecule has 1 unspecified atom stereocenters. The van der Waals surface area contributed by atoms with Crippen LogP contribution in [0.1, 0.15) is 90.9 Å². The van der Waals surface area contributed by atoms with Gasteiger partial charge in [0.2, 0.25) is 0 Å². The van der Waals surface area contributed by atoms with Crippen LogP contribution in [0.15, 0.2) is 0 Å². The summed E-state index contributed by atoms with van der Waals surface area (Å²) in [5.41, 5.74) is 0. The van der Waals surface area contributed by atoms with Crippen molar-refractivity contribution in [2.75, 3.05) is 13.6 Å². The minimum absolute atomic E-state index is 0.623. The zero-order valence-electron chi connectivity index (χ0n) is 14.2. The van der Waals surface area contributed by atoms with E-state index in [1.807, 2.05) is 0 Å². The molecule has 0 fully saturated rings. The molecule has 0 radical (unpaired) electrons. The summed E-state index contributed by atoms with van der Waals surface area (Å²) in [4.78, 5) is 2.32. The first kappa shape index (κ1) is 19.4. The van der Waals surface area contributed by atoms with Crippen molar-refractivity contribution in [2.24, 2.45) is 0 Å². The van der Waals surface area contributed by atoms with Crippen molar-refractivity contribution in [1.29, 1.82) is 5.26 Å². The van der Waals surface area contributed by atoms with Crippen molar-refractivity contribution in [3.8, 4) is 6.07 Å². The second-order valence-electron chi connectivity index (χ2n) is 6.21. The number of nitriles is 1. The molecule has 0 aromatic rings. The molecule has 0 rings (SSSR count). The number of hydrogen-bond acceptors (Lipinski definition) is 2. The number of rotatable bonds is 14. The van der Waals surface area contributed by atoms with Crippen molar-refractivity contribution < 1.29 is 0 Å². The molecule has 0 aliphatic rings. The van der Waals surface area contributed by atoms with Gasteiger partial charge in [0, 0.05) is 19.0 Å². The first-order chi connectivity index (χ1) is 9.72. The number of nitrogens with zero attached hydrogens (tertiary/aromatic N) is 2. The quantitative estimate of drug-likeness (QED) is 0.391. The van der Waals surface area contributed by atoms with E-state index >= 15 is 0 Å². The van der Waals surface area contributed by atoms with Crippen LogP contribution in [0.3, 0.4) is 0 Å². The van der Waals surface area contributed by atoms with Gasteiger partial charge in [-0.1, -0.05) is 71.1 Å². The van der Waals surface area contributed by atoms with Gasteiger partial charge in [-0.25, -0.2) is 0 Å². The molecule has 2 nitrogen and oxygen atoms in total. The molecule has 0 amide bonds. The Morgan fingerprint density at radius 3 is 1.90 bits per heavy atom. The van der Waals surface area contributed by atoms with Gasteiger partial charge in [-0.05, 0) is 20.4 Å². The summed E-state index contributed by atoms with van der Waals surface area (Å²) in [6.07, 6.45) is 16.0. The summed E-state index contributed by atoms with van der Waals surface area (Å²) < 4.78 is 0. The Balaban J connectivity index is 3.25. The fourth-order valence-corrected chi connectivity index (χ4v) is 2.59. The van der Waals surface area contributed by atoms with Crippen LogP contribution >= 0.6 is 0 Å². The van der Waals surface area contributed by atoms with E-state index < -0.39 is 0 Å². The predicted octanol–water partition coefficient (Wildman–Crippen LogP) is 5.53. The third-order valence-electron chi connectivity index (χ3n) is 4.30. The summed E-state index contributed by atoms with van der Waals surface area (Å²) in [6.45, 7) is 5.47. The number of hydrogen-bond donors (Lipinski definition) is 0. The fourth-order valence-electron chi connectivity index (χ4n) is 2.59. The van der Waals surface area contributed by atoms with Gasteiger partial charge in [0.25, 0.3) is 0 Å². The first-order valence-electron chi connectivity index (χ1n) is 8.79. The molecule has 0 bridgehead atoms. The molecule has 0 saturated carbocycles. The van der Waals surface area contributed by atoms with E-state index in [0.29, 0.717) is 12.5 Å². The lowest BCUT2D eigenvalue weighted by Crippen LogP contribution is -2.29. The zero-order chi connectivity index (χ0) is 15.1. The molecule has 0 saturated heterocycles. The Kier molecular flexibility index (Phi) is 14.4. The van der Waals surface area contributed by atoms with E-state index in [2.05, 4.69) is 31.9 Å². The highest BCUT2D eigenvalue weighted by Gasteiger charge is 2.07. The standard InChI is InChI=1S/C18H36N2/c1-4-5-6-7-8-9-10-11-12-13-15-18(2)20(3)17-14-16-19/h18H,4-15,17H2,1-3H3. The van der Waals surface area contributed by atoms with Crippen molar-refractivity contribution in [1.82, 2.24) is 4.90 Å². The minimum atomic E-state index is 0.623. The Bertz CT molecular complexity index is 232. The maximum Gasteiger partial charge on any atom is 0.0635 e. The average molecular weight is 280 g/mol. The molecular weight excluding hydrogens is 244 g/mol. The van der Waals surface area contributed by atoms with Gasteiger partial charge >= 0.3 is 0 Å². The summed E-state index contributed by atoms with van der Waals surface area (Å²) in [5, 5.41) is 8.58. The van der Waals surface area contributed by atoms with Crippen LogP contribution in [0.2, 0.25) is 0 Å². The highest BCUT2D eigenvalue weighted by Crippen LogP contribution is 2.13. The second-order valence-corrected chi connectivity index (χ2v) is 6.21. The molecule has 20 heavy (non-hydrogen) atoms. The SMILES string of the molecule is CCCCCCCCCCCCC(C)N(C)CCC#N. The van der Waals surface area contributed by atoms with Crippen molar-refractivity contribution in [2.45, 2.75) is 96.9 Å². The molecule has 0 spiro atoms. The summed E-state index contributed by atoms with van der Waals surface area (Å²) in [5.74, 6) is 0. The lowest BCUT2D eigenvalue weighted by atomic mass is 10.0. The summed E-state index contributed by atoms with van der Waals surface area (Å²) in [6, 6.07) is 2.84. The Morgan fingerprint density at radius 1 is 0.900 bits per heavy atom. The van der Waals surface area contributed by atoms with E-state index in [1.165, 1.54) is 70.6 Å². The molecule has 118 valence electrons. The largest absolute Gasteiger partial charge is 0.303 e. The summed E-state index contributed by atoms with van der Waals surface area (Å²) >= 11 is 0. The van der Waals surface area contributed by atoms with Crippen molar-refractivity contribution in [3.05, 3.63) is 0 Å². The van der Waals surface area contributed by atoms with Gasteiger partial charge in [0.15, 0.2) is 0 Å². The lowest BCUT2D eigenvalue weighted by molar-refractivity contribution is 0.246. The van der Waals surface area contributed by atoms with E-state index in [0.717, 1.165) is 6.54 Å². The Morgan fingerprint density at radius 2 is 1.40 bits per heavy atom. The van der Waals surface area contributed by atoms with Crippen LogP contribution in [0.4, 0.5) is 0 Å². The molecular formula is C18H36N2. The molecule has 0 aromatic heterocycles. The van der Waals surface area contributed by atoms with Crippen LogP contribution in [-0.4, -0.2) is 24.5 Å². The van der Waals surface area contributed by atoms with Gasteiger partial charge in [0.05, 0.1) is 6.07 Å². The Hall–Kier alpha value is -0.550. The van der Waals surface area contributed by atoms with Crippen LogP contribution in [-0.2, 0) is 0 Å². The minimum Gasteiger partial charge on any atom is -0.303 e. The highest BCUT2D eigenvalue weighted by molar-refractivity contribution is 4.73. The molecule has 1 atom stereocenters. The Labute approximate surface area is 127 Å². The van der Waals surface area contributed by atoms with Crippen LogP contribution in [0.5, 0.6) is 0 Å². The van der Waals surface area contributed by atoms with E-state index in [1.54, 1.807) is 0 Å². The van der Waals surface area contributed by atoms with Crippen molar-refractivity contribution >= 4 is 0 Å². The van der Waals surface area contributed by atoms with Crippen LogP contribution in [0.25, 0.3) is 0 Å². The lowest BCUT2D eigenvalue weighted by Gasteiger charge is -2.23. The topological polar surface area (TPSA) is 27.0 Å². The van der Waals surface area contributed by atoms with E-state index in [9.17, 15) is 0 Å². The highest BCUT2D eigenvalue weighted by atomic mass is 15.1. The molecule has 0 N–H and O–H groups in total. The van der Waals surface area contributed by atoms with Gasteiger partial charge in [-0.3, -0.25) is 0 Å². The first-order valence-corrected chi connectivity index (χ1v) is 8.79. The molecule has 0 aromatic carbocycles. The fraction of sp³-hybridized carbons (Fsp3) is 0.944. The normalized spacial score (nSPS) is 12.6. The van der Waals surface area contributed by atoms with Gasteiger partial charge in [-0.15, -0.1) is 0 Å². The molecule has 2 heteroatoms. The monoisotopic (exact) mass is 280 g/mol. The van der Waals surface area contributed by atoms with Crippen LogP contribution in [0, 0.1) is 11.3 Å². The molecule has 0 aliphatic carbocycles. The third kappa shape index (κ3) is 12.5. The summed E-state index contributed by atoms with van der Waals surface area (Å²) in [7, 11) is 2.14. The second kappa shape index (κ2) is 14.9. The third-order valence-corrected chi connectivity index (χ3v) is 4.30. The van der Waals surface area contributed by atoms with Crippen molar-refractivity contribution in [3.63, 3.8) is 0 Å².